The molecule has 0 spiro atoms. The van der Waals surface area contributed by atoms with Gasteiger partial charge < -0.3 is 35.0 Å². The average molecular weight is 386 g/mol. The predicted octanol–water partition coefficient (Wildman–Crippen LogP) is -0.718. The number of carbonyl (C=O) groups is 1. The molecule has 8 heteroatoms. The molecule has 0 aromatic carbocycles. The minimum absolute atomic E-state index is 0.0145. The molecule has 2 aliphatic rings. The highest BCUT2D eigenvalue weighted by Crippen LogP contribution is 2.40. The number of rotatable bonds is 6. The van der Waals surface area contributed by atoms with Gasteiger partial charge in [-0.05, 0) is 24.0 Å². The van der Waals surface area contributed by atoms with Crippen LogP contribution >= 0.6 is 0 Å². The van der Waals surface area contributed by atoms with Crippen molar-refractivity contribution in [2.24, 2.45) is 11.3 Å². The third-order valence-corrected chi connectivity index (χ3v) is 5.17. The largest absolute Gasteiger partial charge is 0.394 e. The molecule has 0 radical (unpaired) electrons. The number of aliphatic hydroxyl groups is 5. The number of aliphatic hydroxyl groups excluding tert-OH is 5. The van der Waals surface area contributed by atoms with E-state index in [1.54, 1.807) is 13.0 Å². The summed E-state index contributed by atoms with van der Waals surface area (Å²) in [6.07, 6.45) is -1.74. The summed E-state index contributed by atoms with van der Waals surface area (Å²) in [5.74, 6) is -0.166. The first-order valence-corrected chi connectivity index (χ1v) is 9.09. The number of hydrogen-bond donors (Lipinski definition) is 5. The predicted molar refractivity (Wildman–Crippen MR) is 95.5 cm³/mol. The van der Waals surface area contributed by atoms with Crippen molar-refractivity contribution in [1.82, 2.24) is 0 Å². The molecule has 8 nitrogen and oxygen atoms in total. The lowest BCUT2D eigenvalue weighted by Crippen LogP contribution is -2.59. The Bertz CT molecular complexity index is 582. The lowest BCUT2D eigenvalue weighted by atomic mass is 9.68. The number of carbonyl (C=O) groups excluding carboxylic acids is 1. The van der Waals surface area contributed by atoms with E-state index in [-0.39, 0.29) is 23.7 Å². The minimum atomic E-state index is -1.50. The number of ether oxygens (including phenoxy) is 2. The minimum Gasteiger partial charge on any atom is -0.394 e. The highest BCUT2D eigenvalue weighted by Gasteiger charge is 2.44. The summed E-state index contributed by atoms with van der Waals surface area (Å²) in [7, 11) is 0. The lowest BCUT2D eigenvalue weighted by Gasteiger charge is -2.40. The van der Waals surface area contributed by atoms with Crippen LogP contribution in [-0.2, 0) is 14.3 Å². The molecule has 7 atom stereocenters. The fourth-order valence-electron chi connectivity index (χ4n) is 3.64. The van der Waals surface area contributed by atoms with Crippen LogP contribution in [0, 0.1) is 11.3 Å². The van der Waals surface area contributed by atoms with Gasteiger partial charge in [0.1, 0.15) is 24.4 Å². The first-order chi connectivity index (χ1) is 12.6. The van der Waals surface area contributed by atoms with Crippen molar-refractivity contribution in [2.45, 2.75) is 64.0 Å². The molecule has 1 saturated heterocycles. The summed E-state index contributed by atoms with van der Waals surface area (Å²) < 4.78 is 10.9. The molecule has 0 aromatic rings. The quantitative estimate of drug-likeness (QED) is 0.377. The van der Waals surface area contributed by atoms with Gasteiger partial charge >= 0.3 is 0 Å². The first kappa shape index (κ1) is 22.2. The maximum absolute atomic E-state index is 11.8. The molecule has 5 N–H and O–H groups in total. The molecule has 1 aliphatic carbocycles. The third-order valence-electron chi connectivity index (χ3n) is 5.17. The van der Waals surface area contributed by atoms with Gasteiger partial charge in [-0.25, -0.2) is 0 Å². The normalized spacial score (nSPS) is 38.1. The Balaban J connectivity index is 2.06. The van der Waals surface area contributed by atoms with E-state index in [4.69, 9.17) is 9.47 Å². The highest BCUT2D eigenvalue weighted by molar-refractivity contribution is 5.92. The van der Waals surface area contributed by atoms with Gasteiger partial charge in [0.25, 0.3) is 0 Å². The van der Waals surface area contributed by atoms with E-state index in [0.29, 0.717) is 12.0 Å². The molecule has 2 rings (SSSR count). The smallest absolute Gasteiger partial charge is 0.187 e. The summed E-state index contributed by atoms with van der Waals surface area (Å²) >= 11 is 0. The van der Waals surface area contributed by atoms with Crippen LogP contribution in [0.2, 0.25) is 0 Å². The van der Waals surface area contributed by atoms with E-state index in [2.05, 4.69) is 0 Å². The summed E-state index contributed by atoms with van der Waals surface area (Å²) in [5, 5.41) is 48.4. The monoisotopic (exact) mass is 386 g/mol. The maximum atomic E-state index is 11.8. The molecule has 154 valence electrons. The molecule has 0 saturated carbocycles. The molecule has 0 bridgehead atoms. The van der Waals surface area contributed by atoms with Crippen molar-refractivity contribution in [3.8, 4) is 0 Å². The van der Waals surface area contributed by atoms with Crippen molar-refractivity contribution < 1.29 is 39.8 Å². The molecule has 1 fully saturated rings. The van der Waals surface area contributed by atoms with E-state index < -0.39 is 43.4 Å². The molecule has 27 heavy (non-hydrogen) atoms. The van der Waals surface area contributed by atoms with Crippen LogP contribution in [-0.4, -0.2) is 81.3 Å². The van der Waals surface area contributed by atoms with Crippen LogP contribution in [0.25, 0.3) is 0 Å². The summed E-state index contributed by atoms with van der Waals surface area (Å²) in [6.45, 7) is 4.87. The lowest BCUT2D eigenvalue weighted by molar-refractivity contribution is -0.306. The molecular weight excluding hydrogens is 356 g/mol. The van der Waals surface area contributed by atoms with E-state index in [1.165, 1.54) is 6.08 Å². The molecule has 6 unspecified atom stereocenters. The SMILES string of the molecule is CC(/C=C/[C@H]1C(CO)=CC(=O)CC1(C)C)OC1OC(CO)C(O)C(O)C1O. The maximum Gasteiger partial charge on any atom is 0.187 e. The standard InChI is InChI=1S/C19H30O8/c1-10(26-18-17(25)16(24)15(23)14(9-21)27-18)4-5-13-11(8-20)6-12(22)7-19(13,2)3/h4-6,10,13-18,20-21,23-25H,7-9H2,1-3H3/b5-4+/t10?,13-,14?,15?,16?,17?,18?/m0/s1. The summed E-state index contributed by atoms with van der Waals surface area (Å²) in [5.41, 5.74) is 0.274. The molecule has 1 heterocycles. The number of hydrogen-bond acceptors (Lipinski definition) is 8. The van der Waals surface area contributed by atoms with Crippen LogP contribution in [0.5, 0.6) is 0 Å². The molecule has 0 amide bonds. The van der Waals surface area contributed by atoms with Crippen LogP contribution in [0.3, 0.4) is 0 Å². The Labute approximate surface area is 158 Å². The molecule has 0 aromatic heterocycles. The van der Waals surface area contributed by atoms with Gasteiger partial charge in [-0.3, -0.25) is 4.79 Å². The second-order valence-corrected chi connectivity index (χ2v) is 7.91. The molecular formula is C19H30O8. The van der Waals surface area contributed by atoms with Crippen molar-refractivity contribution in [3.63, 3.8) is 0 Å². The van der Waals surface area contributed by atoms with E-state index in [9.17, 15) is 30.3 Å². The Morgan fingerprint density at radius 2 is 1.93 bits per heavy atom. The second kappa shape index (κ2) is 8.91. The van der Waals surface area contributed by atoms with E-state index in [0.717, 1.165) is 0 Å². The van der Waals surface area contributed by atoms with Gasteiger partial charge in [0.2, 0.25) is 0 Å². The summed E-state index contributed by atoms with van der Waals surface area (Å²) in [6, 6.07) is 0. The van der Waals surface area contributed by atoms with Gasteiger partial charge in [0, 0.05) is 12.3 Å². The topological polar surface area (TPSA) is 137 Å². The van der Waals surface area contributed by atoms with Gasteiger partial charge in [-0.1, -0.05) is 26.0 Å². The first-order valence-electron chi connectivity index (χ1n) is 9.09. The number of ketones is 1. The van der Waals surface area contributed by atoms with Gasteiger partial charge in [-0.2, -0.15) is 0 Å². The van der Waals surface area contributed by atoms with Crippen LogP contribution < -0.4 is 0 Å². The van der Waals surface area contributed by atoms with Crippen molar-refractivity contribution in [1.29, 1.82) is 0 Å². The Morgan fingerprint density at radius 3 is 2.52 bits per heavy atom. The van der Waals surface area contributed by atoms with E-state index in [1.807, 2.05) is 19.9 Å². The second-order valence-electron chi connectivity index (χ2n) is 7.91. The molecule has 1 aliphatic heterocycles. The van der Waals surface area contributed by atoms with Crippen LogP contribution in [0.15, 0.2) is 23.8 Å². The number of allylic oxidation sites excluding steroid dienone is 2. The highest BCUT2D eigenvalue weighted by atomic mass is 16.7. The van der Waals surface area contributed by atoms with Crippen molar-refractivity contribution >= 4 is 5.78 Å². The Kier molecular flexibility index (Phi) is 7.32. The zero-order chi connectivity index (χ0) is 20.4. The average Bonchev–Trinajstić information content (AvgIpc) is 2.59. The van der Waals surface area contributed by atoms with Gasteiger partial charge in [-0.15, -0.1) is 0 Å². The van der Waals surface area contributed by atoms with Crippen molar-refractivity contribution in [3.05, 3.63) is 23.8 Å². The van der Waals surface area contributed by atoms with Crippen molar-refractivity contribution in [2.75, 3.05) is 13.2 Å². The third kappa shape index (κ3) is 5.03. The van der Waals surface area contributed by atoms with E-state index >= 15 is 0 Å². The van der Waals surface area contributed by atoms with Gasteiger partial charge in [0.15, 0.2) is 12.1 Å². The van der Waals surface area contributed by atoms with Crippen LogP contribution in [0.4, 0.5) is 0 Å². The fourth-order valence-corrected chi connectivity index (χ4v) is 3.64. The van der Waals surface area contributed by atoms with Crippen LogP contribution in [0.1, 0.15) is 27.2 Å². The fraction of sp³-hybridized carbons (Fsp3) is 0.737. The Morgan fingerprint density at radius 1 is 1.26 bits per heavy atom. The zero-order valence-electron chi connectivity index (χ0n) is 15.9. The van der Waals surface area contributed by atoms with Gasteiger partial charge in [0.05, 0.1) is 19.3 Å². The summed E-state index contributed by atoms with van der Waals surface area (Å²) in [4.78, 5) is 11.8. The Hall–Kier alpha value is -1.13. The zero-order valence-corrected chi connectivity index (χ0v) is 15.9.